The lowest BCUT2D eigenvalue weighted by atomic mass is 10.1. The van der Waals surface area contributed by atoms with Gasteiger partial charge >= 0.3 is 0 Å². The standard InChI is InChI=1S/C9H15N.C9H8O.C2H6/c1-5-8(6-2)9(7-3)10-4;1-7-2-3-9-8(6-7)4-5-10-9;1-2/h5,7,10H,1,3,6H2,2,4H3;2-6H,1H3;1-2H3/b9-8-;;. The molecular weight excluding hydrogens is 270 g/mol. The average Bonchev–Trinajstić information content (AvgIpc) is 3.02. The topological polar surface area (TPSA) is 25.2 Å². The minimum absolute atomic E-state index is 0.964. The Morgan fingerprint density at radius 1 is 1.18 bits per heavy atom. The highest BCUT2D eigenvalue weighted by Gasteiger charge is 1.94. The first-order valence-electron chi connectivity index (χ1n) is 7.75. The summed E-state index contributed by atoms with van der Waals surface area (Å²) in [5.74, 6) is 0. The van der Waals surface area contributed by atoms with Crippen LogP contribution in [-0.2, 0) is 0 Å². The van der Waals surface area contributed by atoms with Crippen LogP contribution in [0.2, 0.25) is 0 Å². The van der Waals surface area contributed by atoms with Crippen molar-refractivity contribution in [3.8, 4) is 0 Å². The zero-order chi connectivity index (χ0) is 17.0. The Balaban J connectivity index is 0.000000360. The number of nitrogens with one attached hydrogen (secondary N) is 1. The molecule has 0 bridgehead atoms. The Kier molecular flexibility index (Phi) is 10.3. The van der Waals surface area contributed by atoms with Gasteiger partial charge in [0.15, 0.2) is 0 Å². The Labute approximate surface area is 135 Å². The van der Waals surface area contributed by atoms with Gasteiger partial charge in [-0.3, -0.25) is 0 Å². The van der Waals surface area contributed by atoms with E-state index in [4.69, 9.17) is 4.42 Å². The van der Waals surface area contributed by atoms with E-state index in [0.717, 1.165) is 17.7 Å². The van der Waals surface area contributed by atoms with E-state index in [-0.39, 0.29) is 0 Å². The third-order valence-electron chi connectivity index (χ3n) is 3.05. The summed E-state index contributed by atoms with van der Waals surface area (Å²) in [5, 5.41) is 4.22. The summed E-state index contributed by atoms with van der Waals surface area (Å²) in [6.07, 6.45) is 6.36. The molecule has 0 spiro atoms. The number of allylic oxidation sites excluding steroid dienone is 3. The van der Waals surface area contributed by atoms with Crippen molar-refractivity contribution in [2.24, 2.45) is 0 Å². The van der Waals surface area contributed by atoms with E-state index >= 15 is 0 Å². The first-order valence-corrected chi connectivity index (χ1v) is 7.75. The lowest BCUT2D eigenvalue weighted by Gasteiger charge is -2.04. The van der Waals surface area contributed by atoms with Crippen molar-refractivity contribution in [3.05, 3.63) is 72.7 Å². The highest BCUT2D eigenvalue weighted by atomic mass is 16.3. The second-order valence-corrected chi connectivity index (χ2v) is 4.41. The molecule has 1 aromatic heterocycles. The molecule has 0 saturated carbocycles. The average molecular weight is 299 g/mol. The summed E-state index contributed by atoms with van der Waals surface area (Å²) in [7, 11) is 1.89. The normalized spacial score (nSPS) is 10.4. The van der Waals surface area contributed by atoms with Crippen molar-refractivity contribution in [2.75, 3.05) is 7.05 Å². The molecule has 22 heavy (non-hydrogen) atoms. The molecule has 1 N–H and O–H groups in total. The quantitative estimate of drug-likeness (QED) is 0.699. The maximum absolute atomic E-state index is 5.17. The number of likely N-dealkylation sites (N-methyl/N-ethyl adjacent to an activating group) is 1. The number of furan rings is 1. The van der Waals surface area contributed by atoms with Gasteiger partial charge in [-0.2, -0.15) is 0 Å². The molecule has 0 amide bonds. The first kappa shape index (κ1) is 19.8. The monoisotopic (exact) mass is 299 g/mol. The van der Waals surface area contributed by atoms with Crippen LogP contribution in [0.1, 0.15) is 32.8 Å². The number of rotatable bonds is 4. The minimum atomic E-state index is 0.964. The van der Waals surface area contributed by atoms with Crippen molar-refractivity contribution in [1.29, 1.82) is 0 Å². The Bertz CT molecular complexity index is 587. The third-order valence-corrected chi connectivity index (χ3v) is 3.05. The molecular formula is C20H29NO. The predicted molar refractivity (Wildman–Crippen MR) is 99.1 cm³/mol. The largest absolute Gasteiger partial charge is 0.464 e. The fourth-order valence-corrected chi connectivity index (χ4v) is 1.92. The zero-order valence-corrected chi connectivity index (χ0v) is 14.6. The summed E-state index contributed by atoms with van der Waals surface area (Å²) >= 11 is 0. The van der Waals surface area contributed by atoms with E-state index in [0.29, 0.717) is 0 Å². The predicted octanol–water partition coefficient (Wildman–Crippen LogP) is 6.01. The molecule has 0 atom stereocenters. The van der Waals surface area contributed by atoms with Crippen molar-refractivity contribution in [1.82, 2.24) is 5.32 Å². The number of hydrogen-bond donors (Lipinski definition) is 1. The van der Waals surface area contributed by atoms with Gasteiger partial charge in [0.25, 0.3) is 0 Å². The van der Waals surface area contributed by atoms with Gasteiger partial charge in [-0.15, -0.1) is 0 Å². The second-order valence-electron chi connectivity index (χ2n) is 4.41. The first-order chi connectivity index (χ1) is 10.7. The SMILES string of the molecule is C=C/C(CC)=C(\C=C)NC.CC.Cc1ccc2occc2c1. The number of benzene rings is 1. The lowest BCUT2D eigenvalue weighted by Crippen LogP contribution is -2.05. The molecule has 0 aliphatic carbocycles. The van der Waals surface area contributed by atoms with Crippen molar-refractivity contribution < 1.29 is 4.42 Å². The van der Waals surface area contributed by atoms with Gasteiger partial charge in [0, 0.05) is 18.1 Å². The van der Waals surface area contributed by atoms with E-state index in [1.807, 2.05) is 45.2 Å². The summed E-state index contributed by atoms with van der Waals surface area (Å²) in [5.41, 5.74) is 4.51. The number of aryl methyl sites for hydroxylation is 1. The van der Waals surface area contributed by atoms with E-state index in [2.05, 4.69) is 38.4 Å². The van der Waals surface area contributed by atoms with Crippen molar-refractivity contribution >= 4 is 11.0 Å². The molecule has 2 rings (SSSR count). The smallest absolute Gasteiger partial charge is 0.133 e. The molecule has 1 aromatic carbocycles. The van der Waals surface area contributed by atoms with Crippen LogP contribution in [-0.4, -0.2) is 7.05 Å². The molecule has 0 unspecified atom stereocenters. The van der Waals surface area contributed by atoms with E-state index < -0.39 is 0 Å². The second kappa shape index (κ2) is 11.4. The summed E-state index contributed by atoms with van der Waals surface area (Å²) in [4.78, 5) is 0. The van der Waals surface area contributed by atoms with Gasteiger partial charge < -0.3 is 9.73 Å². The molecule has 2 heteroatoms. The minimum Gasteiger partial charge on any atom is -0.464 e. The maximum atomic E-state index is 5.17. The van der Waals surface area contributed by atoms with E-state index in [1.54, 1.807) is 12.3 Å². The Hall–Kier alpha value is -2.22. The van der Waals surface area contributed by atoms with Crippen LogP contribution in [0.5, 0.6) is 0 Å². The van der Waals surface area contributed by atoms with Gasteiger partial charge in [-0.1, -0.05) is 51.6 Å². The summed E-state index contributed by atoms with van der Waals surface area (Å²) < 4.78 is 5.17. The van der Waals surface area contributed by atoms with Gasteiger partial charge in [-0.25, -0.2) is 0 Å². The molecule has 0 radical (unpaired) electrons. The third kappa shape index (κ3) is 6.04. The lowest BCUT2D eigenvalue weighted by molar-refractivity contribution is 0.616. The molecule has 0 aliphatic rings. The highest BCUT2D eigenvalue weighted by Crippen LogP contribution is 2.15. The molecule has 0 aliphatic heterocycles. The van der Waals surface area contributed by atoms with Gasteiger partial charge in [-0.05, 0) is 43.2 Å². The zero-order valence-electron chi connectivity index (χ0n) is 14.6. The number of hydrogen-bond acceptors (Lipinski definition) is 2. The molecule has 0 saturated heterocycles. The van der Waals surface area contributed by atoms with E-state index in [9.17, 15) is 0 Å². The molecule has 0 fully saturated rings. The van der Waals surface area contributed by atoms with Gasteiger partial charge in [0.2, 0.25) is 0 Å². The molecule has 120 valence electrons. The van der Waals surface area contributed by atoms with Crippen LogP contribution in [0.25, 0.3) is 11.0 Å². The number of fused-ring (bicyclic) bond motifs is 1. The molecule has 2 nitrogen and oxygen atoms in total. The van der Waals surface area contributed by atoms with Gasteiger partial charge in [0.05, 0.1) is 6.26 Å². The molecule has 2 aromatic rings. The Morgan fingerprint density at radius 2 is 1.86 bits per heavy atom. The van der Waals surface area contributed by atoms with Crippen LogP contribution >= 0.6 is 0 Å². The fourth-order valence-electron chi connectivity index (χ4n) is 1.92. The van der Waals surface area contributed by atoms with Crippen LogP contribution in [0.15, 0.2) is 71.5 Å². The van der Waals surface area contributed by atoms with Crippen LogP contribution in [0.3, 0.4) is 0 Å². The molecule has 1 heterocycles. The van der Waals surface area contributed by atoms with Crippen LogP contribution in [0, 0.1) is 6.92 Å². The van der Waals surface area contributed by atoms with Crippen molar-refractivity contribution in [2.45, 2.75) is 34.1 Å². The van der Waals surface area contributed by atoms with Gasteiger partial charge in [0.1, 0.15) is 5.58 Å². The summed E-state index contributed by atoms with van der Waals surface area (Å²) in [6.45, 7) is 15.6. The maximum Gasteiger partial charge on any atom is 0.133 e. The van der Waals surface area contributed by atoms with Crippen molar-refractivity contribution in [3.63, 3.8) is 0 Å². The van der Waals surface area contributed by atoms with Crippen LogP contribution < -0.4 is 5.32 Å². The fraction of sp³-hybridized carbons (Fsp3) is 0.300. The Morgan fingerprint density at radius 3 is 2.32 bits per heavy atom. The highest BCUT2D eigenvalue weighted by molar-refractivity contribution is 5.77. The summed E-state index contributed by atoms with van der Waals surface area (Å²) in [6, 6.07) is 8.12. The van der Waals surface area contributed by atoms with Crippen LogP contribution in [0.4, 0.5) is 0 Å². The van der Waals surface area contributed by atoms with E-state index in [1.165, 1.54) is 16.5 Å².